The number of carbonyl (C=O) groups excluding carboxylic acids is 2. The maximum Gasteiger partial charge on any atom is 0.305 e. The number of ether oxygens (including phenoxy) is 1. The molecule has 1 aromatic rings. The zero-order valence-corrected chi connectivity index (χ0v) is 8.63. The van der Waals surface area contributed by atoms with Crippen molar-refractivity contribution in [1.29, 1.82) is 0 Å². The van der Waals surface area contributed by atoms with E-state index in [0.29, 0.717) is 0 Å². The molecule has 0 fully saturated rings. The molecule has 0 aromatic heterocycles. The van der Waals surface area contributed by atoms with Gasteiger partial charge in [-0.15, -0.1) is 0 Å². The monoisotopic (exact) mass is 228 g/mol. The van der Waals surface area contributed by atoms with Crippen LogP contribution in [0.15, 0.2) is 18.2 Å². The second kappa shape index (κ2) is 5.34. The average molecular weight is 228 g/mol. The molecule has 0 amide bonds. The van der Waals surface area contributed by atoms with Crippen LogP contribution >= 0.6 is 0 Å². The minimum absolute atomic E-state index is 0.0443. The first-order valence-corrected chi connectivity index (χ1v) is 4.59. The molecule has 0 aliphatic rings. The van der Waals surface area contributed by atoms with E-state index in [9.17, 15) is 18.4 Å². The molecule has 0 heterocycles. The molecule has 0 saturated heterocycles. The molecule has 0 aliphatic carbocycles. The Hall–Kier alpha value is -1.78. The lowest BCUT2D eigenvalue weighted by Crippen LogP contribution is -2.06. The summed E-state index contributed by atoms with van der Waals surface area (Å²) in [5.41, 5.74) is 0.0443. The number of hydrogen-bond acceptors (Lipinski definition) is 3. The van der Waals surface area contributed by atoms with Gasteiger partial charge in [0, 0.05) is 12.0 Å². The molecule has 0 N–H and O–H groups in total. The summed E-state index contributed by atoms with van der Waals surface area (Å²) in [7, 11) is 1.21. The molecular weight excluding hydrogens is 218 g/mol. The van der Waals surface area contributed by atoms with Gasteiger partial charge in [0.15, 0.2) is 17.4 Å². The number of halogens is 2. The summed E-state index contributed by atoms with van der Waals surface area (Å²) in [6, 6.07) is 2.87. The molecule has 1 rings (SSSR count). The summed E-state index contributed by atoms with van der Waals surface area (Å²) in [5, 5.41) is 0. The van der Waals surface area contributed by atoms with Crippen molar-refractivity contribution in [3.63, 3.8) is 0 Å². The van der Waals surface area contributed by atoms with Crippen LogP contribution in [0.25, 0.3) is 0 Å². The van der Waals surface area contributed by atoms with E-state index in [2.05, 4.69) is 4.74 Å². The molecule has 0 radical (unpaired) electrons. The van der Waals surface area contributed by atoms with Crippen LogP contribution in [0.1, 0.15) is 23.2 Å². The third kappa shape index (κ3) is 3.12. The Morgan fingerprint density at radius 1 is 1.19 bits per heavy atom. The van der Waals surface area contributed by atoms with E-state index in [0.717, 1.165) is 12.1 Å². The van der Waals surface area contributed by atoms with Gasteiger partial charge in [-0.1, -0.05) is 0 Å². The predicted octanol–water partition coefficient (Wildman–Crippen LogP) is 2.10. The molecule has 3 nitrogen and oxygen atoms in total. The summed E-state index contributed by atoms with van der Waals surface area (Å²) >= 11 is 0. The van der Waals surface area contributed by atoms with Crippen molar-refractivity contribution in [3.05, 3.63) is 35.4 Å². The van der Waals surface area contributed by atoms with Gasteiger partial charge >= 0.3 is 5.97 Å². The third-order valence-corrected chi connectivity index (χ3v) is 2.03. The molecule has 0 bridgehead atoms. The van der Waals surface area contributed by atoms with Gasteiger partial charge in [0.25, 0.3) is 0 Å². The number of esters is 1. The van der Waals surface area contributed by atoms with Gasteiger partial charge in [-0.2, -0.15) is 0 Å². The highest BCUT2D eigenvalue weighted by Crippen LogP contribution is 2.11. The zero-order valence-electron chi connectivity index (χ0n) is 8.63. The number of carbonyl (C=O) groups is 2. The number of hydrogen-bond donors (Lipinski definition) is 0. The minimum atomic E-state index is -1.08. The summed E-state index contributed by atoms with van der Waals surface area (Å²) < 4.78 is 29.7. The third-order valence-electron chi connectivity index (χ3n) is 2.03. The molecule has 0 unspecified atom stereocenters. The molecule has 5 heteroatoms. The lowest BCUT2D eigenvalue weighted by atomic mass is 10.1. The van der Waals surface area contributed by atoms with E-state index in [1.807, 2.05) is 0 Å². The molecule has 0 atom stereocenters. The summed E-state index contributed by atoms with van der Waals surface area (Å²) in [5.74, 6) is -3.03. The van der Waals surface area contributed by atoms with Crippen LogP contribution in [-0.2, 0) is 9.53 Å². The fraction of sp³-hybridized carbons (Fsp3) is 0.273. The average Bonchev–Trinajstić information content (AvgIpc) is 2.29. The van der Waals surface area contributed by atoms with Crippen molar-refractivity contribution in [2.45, 2.75) is 12.8 Å². The first-order valence-electron chi connectivity index (χ1n) is 4.59. The SMILES string of the molecule is COC(=O)CCC(=O)c1ccc(F)c(F)c1. The van der Waals surface area contributed by atoms with E-state index in [1.54, 1.807) is 0 Å². The zero-order chi connectivity index (χ0) is 12.1. The van der Waals surface area contributed by atoms with E-state index < -0.39 is 23.4 Å². The molecule has 0 spiro atoms. The Kier molecular flexibility index (Phi) is 4.10. The van der Waals surface area contributed by atoms with Gasteiger partial charge < -0.3 is 4.74 Å². The van der Waals surface area contributed by atoms with Crippen molar-refractivity contribution in [3.8, 4) is 0 Å². The maximum absolute atomic E-state index is 12.8. The van der Waals surface area contributed by atoms with Crippen LogP contribution < -0.4 is 0 Å². The Labute approximate surface area is 91.0 Å². The predicted molar refractivity (Wildman–Crippen MR) is 51.9 cm³/mol. The molecular formula is C11H10F2O3. The van der Waals surface area contributed by atoms with Gasteiger partial charge in [0.2, 0.25) is 0 Å². The van der Waals surface area contributed by atoms with E-state index in [4.69, 9.17) is 0 Å². The topological polar surface area (TPSA) is 43.4 Å². The maximum atomic E-state index is 12.8. The van der Waals surface area contributed by atoms with Gasteiger partial charge in [-0.25, -0.2) is 8.78 Å². The van der Waals surface area contributed by atoms with Crippen molar-refractivity contribution in [2.75, 3.05) is 7.11 Å². The highest BCUT2D eigenvalue weighted by atomic mass is 19.2. The fourth-order valence-corrected chi connectivity index (χ4v) is 1.13. The summed E-state index contributed by atoms with van der Waals surface area (Å²) in [6.45, 7) is 0. The lowest BCUT2D eigenvalue weighted by molar-refractivity contribution is -0.140. The molecule has 1 aromatic carbocycles. The van der Waals surface area contributed by atoms with E-state index in [1.165, 1.54) is 13.2 Å². The first-order chi connectivity index (χ1) is 7.54. The summed E-state index contributed by atoms with van der Waals surface area (Å²) in [4.78, 5) is 22.2. The minimum Gasteiger partial charge on any atom is -0.469 e. The van der Waals surface area contributed by atoms with Gasteiger partial charge in [-0.3, -0.25) is 9.59 Å². The second-order valence-corrected chi connectivity index (χ2v) is 3.13. The molecule has 0 aliphatic heterocycles. The Morgan fingerprint density at radius 2 is 1.88 bits per heavy atom. The Balaban J connectivity index is 2.66. The van der Waals surface area contributed by atoms with Gasteiger partial charge in [-0.05, 0) is 18.2 Å². The van der Waals surface area contributed by atoms with Crippen LogP contribution in [-0.4, -0.2) is 18.9 Å². The first kappa shape index (κ1) is 12.3. The molecule has 16 heavy (non-hydrogen) atoms. The number of rotatable bonds is 4. The number of Topliss-reactive ketones (excluding diaryl/α,β-unsaturated/α-hetero) is 1. The van der Waals surface area contributed by atoms with Gasteiger partial charge in [0.1, 0.15) is 0 Å². The van der Waals surface area contributed by atoms with Crippen molar-refractivity contribution < 1.29 is 23.1 Å². The van der Waals surface area contributed by atoms with Crippen molar-refractivity contribution >= 4 is 11.8 Å². The Morgan fingerprint density at radius 3 is 2.44 bits per heavy atom. The van der Waals surface area contributed by atoms with Crippen LogP contribution in [0.5, 0.6) is 0 Å². The summed E-state index contributed by atoms with van der Waals surface area (Å²) in [6.07, 6.45) is -0.161. The van der Waals surface area contributed by atoms with Crippen LogP contribution in [0.3, 0.4) is 0 Å². The number of ketones is 1. The van der Waals surface area contributed by atoms with Crippen LogP contribution in [0.2, 0.25) is 0 Å². The fourth-order valence-electron chi connectivity index (χ4n) is 1.13. The van der Waals surface area contributed by atoms with Gasteiger partial charge in [0.05, 0.1) is 13.5 Å². The van der Waals surface area contributed by atoms with Crippen LogP contribution in [0, 0.1) is 11.6 Å². The Bertz CT molecular complexity index is 416. The highest BCUT2D eigenvalue weighted by molar-refractivity contribution is 5.97. The van der Waals surface area contributed by atoms with Crippen molar-refractivity contribution in [1.82, 2.24) is 0 Å². The van der Waals surface area contributed by atoms with Crippen molar-refractivity contribution in [2.24, 2.45) is 0 Å². The smallest absolute Gasteiger partial charge is 0.305 e. The number of methoxy groups -OCH3 is 1. The van der Waals surface area contributed by atoms with E-state index in [-0.39, 0.29) is 18.4 Å². The normalized spacial score (nSPS) is 9.94. The second-order valence-electron chi connectivity index (χ2n) is 3.13. The number of benzene rings is 1. The van der Waals surface area contributed by atoms with E-state index >= 15 is 0 Å². The standard InChI is InChI=1S/C11H10F2O3/c1-16-11(15)5-4-10(14)7-2-3-8(12)9(13)6-7/h2-3,6H,4-5H2,1H3. The molecule has 86 valence electrons. The largest absolute Gasteiger partial charge is 0.469 e. The highest BCUT2D eigenvalue weighted by Gasteiger charge is 2.11. The molecule has 0 saturated carbocycles. The van der Waals surface area contributed by atoms with Crippen LogP contribution in [0.4, 0.5) is 8.78 Å². The lowest BCUT2D eigenvalue weighted by Gasteiger charge is -2.01. The quantitative estimate of drug-likeness (QED) is 0.585.